The van der Waals surface area contributed by atoms with E-state index in [0.717, 1.165) is 27.8 Å². The van der Waals surface area contributed by atoms with Crippen molar-refractivity contribution in [3.63, 3.8) is 0 Å². The molecule has 0 bridgehead atoms. The number of carbonyl (C=O) groups excluding carboxylic acids is 1. The maximum Gasteiger partial charge on any atom is 0.155 e. The number of rotatable bonds is 6. The Morgan fingerprint density at radius 2 is 1.21 bits per heavy atom. The van der Waals surface area contributed by atoms with Crippen LogP contribution in [0.25, 0.3) is 22.2 Å². The highest BCUT2D eigenvalue weighted by molar-refractivity contribution is 5.86. The Balaban J connectivity index is 1.65. The zero-order valence-electron chi connectivity index (χ0n) is 21.2. The molecule has 0 radical (unpaired) electrons. The van der Waals surface area contributed by atoms with E-state index in [1.54, 1.807) is 0 Å². The Bertz CT molecular complexity index is 1680. The fraction of sp³-hybridized carbons (Fsp3) is 0.0588. The van der Waals surface area contributed by atoms with Crippen LogP contribution >= 0.6 is 0 Å². The van der Waals surface area contributed by atoms with Gasteiger partial charge < -0.3 is 4.57 Å². The van der Waals surface area contributed by atoms with Crippen LogP contribution in [-0.2, 0) is 5.54 Å². The van der Waals surface area contributed by atoms with E-state index >= 15 is 0 Å². The second kappa shape index (κ2) is 9.76. The molecule has 39 heavy (non-hydrogen) atoms. The van der Waals surface area contributed by atoms with Crippen LogP contribution in [0.4, 0.5) is 8.78 Å². The minimum absolute atomic E-state index is 0.197. The van der Waals surface area contributed by atoms with E-state index in [2.05, 4.69) is 41.0 Å². The van der Waals surface area contributed by atoms with Gasteiger partial charge in [-0.15, -0.1) is 0 Å². The smallest absolute Gasteiger partial charge is 0.155 e. The van der Waals surface area contributed by atoms with Crippen molar-refractivity contribution in [2.75, 3.05) is 0 Å². The molecule has 0 atom stereocenters. The average molecular weight is 515 g/mol. The Morgan fingerprint density at radius 3 is 1.67 bits per heavy atom. The van der Waals surface area contributed by atoms with Gasteiger partial charge in [0.25, 0.3) is 0 Å². The summed E-state index contributed by atoms with van der Waals surface area (Å²) < 4.78 is 31.1. The SMILES string of the molecule is Cc1cc2c(cc1-c1cc(F)c(C=O)c(F)c1)ncn2C(c1ccccc1)(c1ccccc1)c1ccccc1. The van der Waals surface area contributed by atoms with Gasteiger partial charge in [0.05, 0.1) is 22.9 Å². The highest BCUT2D eigenvalue weighted by Crippen LogP contribution is 2.43. The van der Waals surface area contributed by atoms with E-state index in [1.165, 1.54) is 12.1 Å². The first kappa shape index (κ1) is 24.4. The summed E-state index contributed by atoms with van der Waals surface area (Å²) in [7, 11) is 0. The number of imidazole rings is 1. The van der Waals surface area contributed by atoms with E-state index in [9.17, 15) is 13.6 Å². The van der Waals surface area contributed by atoms with Gasteiger partial charge in [0.2, 0.25) is 0 Å². The third-order valence-electron chi connectivity index (χ3n) is 7.34. The largest absolute Gasteiger partial charge is 0.312 e. The molecular weight excluding hydrogens is 490 g/mol. The molecule has 5 aromatic carbocycles. The van der Waals surface area contributed by atoms with Crippen molar-refractivity contribution >= 4 is 17.3 Å². The van der Waals surface area contributed by atoms with Crippen molar-refractivity contribution < 1.29 is 13.6 Å². The van der Waals surface area contributed by atoms with Crippen molar-refractivity contribution in [1.82, 2.24) is 9.55 Å². The van der Waals surface area contributed by atoms with Crippen LogP contribution < -0.4 is 0 Å². The van der Waals surface area contributed by atoms with E-state index in [1.807, 2.05) is 80.0 Å². The van der Waals surface area contributed by atoms with Crippen molar-refractivity contribution in [1.29, 1.82) is 0 Å². The van der Waals surface area contributed by atoms with Gasteiger partial charge in [-0.3, -0.25) is 4.79 Å². The van der Waals surface area contributed by atoms with Gasteiger partial charge in [0.15, 0.2) is 6.29 Å². The molecule has 0 aliphatic rings. The van der Waals surface area contributed by atoms with E-state index < -0.39 is 22.7 Å². The molecule has 1 heterocycles. The van der Waals surface area contributed by atoms with Crippen LogP contribution in [0.3, 0.4) is 0 Å². The number of carbonyl (C=O) groups is 1. The first-order chi connectivity index (χ1) is 19.0. The van der Waals surface area contributed by atoms with Crippen LogP contribution in [0.5, 0.6) is 0 Å². The van der Waals surface area contributed by atoms with Crippen LogP contribution in [0.2, 0.25) is 0 Å². The average Bonchev–Trinajstić information content (AvgIpc) is 3.37. The molecule has 0 fully saturated rings. The highest BCUT2D eigenvalue weighted by atomic mass is 19.1. The molecule has 6 rings (SSSR count). The van der Waals surface area contributed by atoms with E-state index in [0.29, 0.717) is 16.6 Å². The van der Waals surface area contributed by atoms with Crippen molar-refractivity contribution in [2.24, 2.45) is 0 Å². The van der Waals surface area contributed by atoms with Gasteiger partial charge in [-0.05, 0) is 64.6 Å². The number of aromatic nitrogens is 2. The van der Waals surface area contributed by atoms with Gasteiger partial charge >= 0.3 is 0 Å². The molecule has 0 aliphatic heterocycles. The number of hydrogen-bond donors (Lipinski definition) is 0. The van der Waals surface area contributed by atoms with Gasteiger partial charge in [0.1, 0.15) is 17.2 Å². The molecule has 1 aromatic heterocycles. The maximum atomic E-state index is 14.5. The summed E-state index contributed by atoms with van der Waals surface area (Å²) in [6.45, 7) is 1.91. The predicted octanol–water partition coefficient (Wildman–Crippen LogP) is 7.94. The van der Waals surface area contributed by atoms with Gasteiger partial charge in [-0.2, -0.15) is 0 Å². The van der Waals surface area contributed by atoms with Crippen molar-refractivity contribution in [3.05, 3.63) is 161 Å². The summed E-state index contributed by atoms with van der Waals surface area (Å²) in [5.74, 6) is -1.78. The van der Waals surface area contributed by atoms with Gasteiger partial charge in [-0.25, -0.2) is 13.8 Å². The zero-order chi connectivity index (χ0) is 27.0. The second-order valence-corrected chi connectivity index (χ2v) is 9.55. The summed E-state index contributed by atoms with van der Waals surface area (Å²) in [5.41, 5.74) is 5.27. The molecule has 6 aromatic rings. The lowest BCUT2D eigenvalue weighted by molar-refractivity contribution is 0.111. The molecule has 0 unspecified atom stereocenters. The molecule has 0 N–H and O–H groups in total. The normalized spacial score (nSPS) is 11.6. The number of halogens is 2. The predicted molar refractivity (Wildman–Crippen MR) is 150 cm³/mol. The molecule has 0 spiro atoms. The second-order valence-electron chi connectivity index (χ2n) is 9.55. The maximum absolute atomic E-state index is 14.5. The molecule has 190 valence electrons. The third-order valence-corrected chi connectivity index (χ3v) is 7.34. The Labute approximate surface area is 225 Å². The summed E-state index contributed by atoms with van der Waals surface area (Å²) in [5, 5.41) is 0. The number of nitrogens with zero attached hydrogens (tertiary/aromatic N) is 2. The van der Waals surface area contributed by atoms with E-state index in [4.69, 9.17) is 4.98 Å². The lowest BCUT2D eigenvalue weighted by atomic mass is 9.76. The molecule has 3 nitrogen and oxygen atoms in total. The molecule has 0 saturated carbocycles. The lowest BCUT2D eigenvalue weighted by Crippen LogP contribution is -2.37. The quantitative estimate of drug-likeness (QED) is 0.167. The Hall–Kier alpha value is -4.90. The monoisotopic (exact) mass is 514 g/mol. The number of aldehydes is 1. The fourth-order valence-electron chi connectivity index (χ4n) is 5.55. The van der Waals surface area contributed by atoms with Crippen LogP contribution in [0.15, 0.2) is 122 Å². The minimum Gasteiger partial charge on any atom is -0.312 e. The van der Waals surface area contributed by atoms with Crippen molar-refractivity contribution in [2.45, 2.75) is 12.5 Å². The fourth-order valence-corrected chi connectivity index (χ4v) is 5.55. The van der Waals surface area contributed by atoms with Crippen LogP contribution in [0.1, 0.15) is 32.6 Å². The number of hydrogen-bond acceptors (Lipinski definition) is 2. The minimum atomic E-state index is -0.888. The standard InChI is InChI=1S/C34H24F2N2O/c1-23-17-33-32(20-28(23)24-18-30(35)29(21-39)31(36)19-24)37-22-38(33)34(25-11-5-2-6-12-25,26-13-7-3-8-14-26)27-15-9-4-10-16-27/h2-22H,1H3. The van der Waals surface area contributed by atoms with Crippen molar-refractivity contribution in [3.8, 4) is 11.1 Å². The molecular formula is C34H24F2N2O. The Morgan fingerprint density at radius 1 is 0.718 bits per heavy atom. The van der Waals surface area contributed by atoms with Crippen LogP contribution in [0, 0.1) is 18.6 Å². The highest BCUT2D eigenvalue weighted by Gasteiger charge is 2.39. The van der Waals surface area contributed by atoms with Gasteiger partial charge in [-0.1, -0.05) is 91.0 Å². The summed E-state index contributed by atoms with van der Waals surface area (Å²) >= 11 is 0. The summed E-state index contributed by atoms with van der Waals surface area (Å²) in [4.78, 5) is 15.9. The molecule has 0 saturated heterocycles. The number of fused-ring (bicyclic) bond motifs is 1. The molecule has 0 aliphatic carbocycles. The summed E-state index contributed by atoms with van der Waals surface area (Å²) in [6, 6.07) is 37.1. The van der Waals surface area contributed by atoms with Crippen LogP contribution in [-0.4, -0.2) is 15.8 Å². The molecule has 5 heteroatoms. The lowest BCUT2D eigenvalue weighted by Gasteiger charge is -2.38. The topological polar surface area (TPSA) is 34.9 Å². The Kier molecular flexibility index (Phi) is 6.12. The number of aryl methyl sites for hydroxylation is 1. The van der Waals surface area contributed by atoms with E-state index in [-0.39, 0.29) is 6.29 Å². The first-order valence-corrected chi connectivity index (χ1v) is 12.6. The van der Waals surface area contributed by atoms with Gasteiger partial charge in [0, 0.05) is 0 Å². The zero-order valence-corrected chi connectivity index (χ0v) is 21.2. The third kappa shape index (κ3) is 3.94. The first-order valence-electron chi connectivity index (χ1n) is 12.6. The molecule has 0 amide bonds. The number of benzene rings is 5. The summed E-state index contributed by atoms with van der Waals surface area (Å²) in [6.07, 6.45) is 2.03.